The van der Waals surface area contributed by atoms with Gasteiger partial charge >= 0.3 is 0 Å². The van der Waals surface area contributed by atoms with Crippen LogP contribution in [0.5, 0.6) is 0 Å². The zero-order valence-corrected chi connectivity index (χ0v) is 16.7. The molecule has 0 bridgehead atoms. The number of aliphatic hydroxyl groups excluding tert-OH is 1. The van der Waals surface area contributed by atoms with Crippen LogP contribution in [-0.4, -0.2) is 53.8 Å². The highest BCUT2D eigenvalue weighted by atomic mass is 19.1. The van der Waals surface area contributed by atoms with Gasteiger partial charge in [-0.3, -0.25) is 14.8 Å². The quantitative estimate of drug-likeness (QED) is 0.698. The summed E-state index contributed by atoms with van der Waals surface area (Å²) in [6.07, 6.45) is 3.92. The lowest BCUT2D eigenvalue weighted by Gasteiger charge is -2.30. The molecule has 1 saturated heterocycles. The molecule has 7 nitrogen and oxygen atoms in total. The first-order valence-electron chi connectivity index (χ1n) is 10.4. The number of β-amino-alcohol motifs (C(OH)–C–C–N with tert-alkyl or cyclic N) is 1. The zero-order chi connectivity index (χ0) is 20.5. The van der Waals surface area contributed by atoms with Gasteiger partial charge in [-0.2, -0.15) is 0 Å². The first kappa shape index (κ1) is 19.3. The van der Waals surface area contributed by atoms with E-state index in [1.165, 1.54) is 6.07 Å². The number of aliphatic hydroxyl groups is 1. The fraction of sp³-hybridized carbons (Fsp3) is 0.409. The average molecular weight is 408 g/mol. The number of aromatic nitrogens is 4. The molecule has 1 N–H and O–H groups in total. The van der Waals surface area contributed by atoms with Gasteiger partial charge in [0.2, 0.25) is 0 Å². The van der Waals surface area contributed by atoms with Crippen LogP contribution in [0.2, 0.25) is 0 Å². The van der Waals surface area contributed by atoms with Crippen LogP contribution in [0.4, 0.5) is 4.39 Å². The van der Waals surface area contributed by atoms with Crippen molar-refractivity contribution < 1.29 is 9.50 Å². The summed E-state index contributed by atoms with van der Waals surface area (Å²) in [6.45, 7) is 4.36. The molecule has 2 aliphatic heterocycles. The fourth-order valence-electron chi connectivity index (χ4n) is 4.55. The van der Waals surface area contributed by atoms with Gasteiger partial charge in [-0.1, -0.05) is 18.2 Å². The number of rotatable bonds is 5. The molecule has 5 rings (SSSR count). The van der Waals surface area contributed by atoms with Crippen molar-refractivity contribution in [2.45, 2.75) is 44.7 Å². The van der Waals surface area contributed by atoms with Crippen molar-refractivity contribution in [3.8, 4) is 0 Å². The minimum atomic E-state index is -0.368. The van der Waals surface area contributed by atoms with Gasteiger partial charge in [0.1, 0.15) is 11.6 Å². The first-order chi connectivity index (χ1) is 14.7. The lowest BCUT2D eigenvalue weighted by molar-refractivity contribution is 0.171. The van der Waals surface area contributed by atoms with E-state index in [9.17, 15) is 9.50 Å². The summed E-state index contributed by atoms with van der Waals surface area (Å²) in [4.78, 5) is 8.73. The first-order valence-corrected chi connectivity index (χ1v) is 10.4. The van der Waals surface area contributed by atoms with Gasteiger partial charge < -0.3 is 9.67 Å². The summed E-state index contributed by atoms with van der Waals surface area (Å²) in [6, 6.07) is 10.8. The van der Waals surface area contributed by atoms with Gasteiger partial charge in [-0.05, 0) is 35.7 Å². The Kier molecular flexibility index (Phi) is 5.28. The second-order valence-electron chi connectivity index (χ2n) is 8.16. The predicted octanol–water partition coefficient (Wildman–Crippen LogP) is 2.14. The van der Waals surface area contributed by atoms with Crippen molar-refractivity contribution in [3.63, 3.8) is 0 Å². The van der Waals surface area contributed by atoms with E-state index in [2.05, 4.69) is 35.6 Å². The van der Waals surface area contributed by atoms with Crippen LogP contribution in [0.25, 0.3) is 0 Å². The van der Waals surface area contributed by atoms with Gasteiger partial charge in [-0.15, -0.1) is 10.2 Å². The number of likely N-dealkylation sites (tertiary alicyclic amines) is 1. The largest absolute Gasteiger partial charge is 0.392 e. The molecule has 3 aromatic rings. The molecule has 0 spiro atoms. The van der Waals surface area contributed by atoms with E-state index in [1.54, 1.807) is 18.3 Å². The summed E-state index contributed by atoms with van der Waals surface area (Å²) in [5.41, 5.74) is 2.08. The molecule has 0 aliphatic carbocycles. The number of nitrogens with zero attached hydrogens (tertiary/aromatic N) is 6. The SMILES string of the molecule is O[C@@H]1C[C@@H](c2nnc3n2CCN(Cc2cccc(F)c2)C3)N(Cc2cccnc2)C1. The smallest absolute Gasteiger partial charge is 0.150 e. The Labute approximate surface area is 174 Å². The van der Waals surface area contributed by atoms with Gasteiger partial charge in [0.15, 0.2) is 5.82 Å². The summed E-state index contributed by atoms with van der Waals surface area (Å²) >= 11 is 0. The van der Waals surface area contributed by atoms with E-state index in [0.717, 1.165) is 42.4 Å². The van der Waals surface area contributed by atoms with Gasteiger partial charge in [0, 0.05) is 45.1 Å². The monoisotopic (exact) mass is 408 g/mol. The number of pyridine rings is 1. The lowest BCUT2D eigenvalue weighted by Crippen LogP contribution is -2.35. The maximum Gasteiger partial charge on any atom is 0.150 e. The summed E-state index contributed by atoms with van der Waals surface area (Å²) < 4.78 is 15.7. The van der Waals surface area contributed by atoms with E-state index in [-0.39, 0.29) is 18.0 Å². The highest BCUT2D eigenvalue weighted by Gasteiger charge is 2.36. The molecular weight excluding hydrogens is 383 g/mol. The Hall–Kier alpha value is -2.68. The summed E-state index contributed by atoms with van der Waals surface area (Å²) in [7, 11) is 0. The lowest BCUT2D eigenvalue weighted by atomic mass is 10.1. The standard InChI is InChI=1S/C22H25FN6O/c23-18-5-1-3-16(9-18)12-27-7-8-29-21(15-27)25-26-22(29)20-10-19(30)14-28(20)13-17-4-2-6-24-11-17/h1-6,9,11,19-20,30H,7-8,10,12-15H2/t19-,20+/m1/s1. The number of benzene rings is 1. The Morgan fingerprint density at radius 1 is 1.07 bits per heavy atom. The average Bonchev–Trinajstić information content (AvgIpc) is 3.31. The van der Waals surface area contributed by atoms with Crippen molar-refractivity contribution in [3.05, 3.63) is 77.4 Å². The number of fused-ring (bicyclic) bond motifs is 1. The molecule has 156 valence electrons. The molecule has 1 fully saturated rings. The van der Waals surface area contributed by atoms with Crippen LogP contribution in [-0.2, 0) is 26.2 Å². The van der Waals surface area contributed by atoms with Gasteiger partial charge in [-0.25, -0.2) is 4.39 Å². The number of hydrogen-bond acceptors (Lipinski definition) is 6. The molecule has 0 radical (unpaired) electrons. The highest BCUT2D eigenvalue weighted by molar-refractivity contribution is 5.17. The third-order valence-electron chi connectivity index (χ3n) is 5.94. The molecular formula is C22H25FN6O. The minimum Gasteiger partial charge on any atom is -0.392 e. The van der Waals surface area contributed by atoms with Crippen molar-refractivity contribution in [2.75, 3.05) is 13.1 Å². The minimum absolute atomic E-state index is 0.0382. The molecule has 30 heavy (non-hydrogen) atoms. The van der Waals surface area contributed by atoms with E-state index in [0.29, 0.717) is 26.1 Å². The normalized spacial score (nSPS) is 22.3. The second-order valence-corrected chi connectivity index (χ2v) is 8.16. The third-order valence-corrected chi connectivity index (χ3v) is 5.94. The maximum atomic E-state index is 13.5. The van der Waals surface area contributed by atoms with Crippen LogP contribution in [0.3, 0.4) is 0 Å². The molecule has 2 atom stereocenters. The van der Waals surface area contributed by atoms with E-state index in [1.807, 2.05) is 18.3 Å². The molecule has 0 saturated carbocycles. The van der Waals surface area contributed by atoms with Crippen molar-refractivity contribution in [1.29, 1.82) is 0 Å². The molecule has 0 amide bonds. The van der Waals surface area contributed by atoms with Gasteiger partial charge in [0.25, 0.3) is 0 Å². The Bertz CT molecular complexity index is 1010. The molecule has 1 aromatic carbocycles. The Morgan fingerprint density at radius 2 is 1.97 bits per heavy atom. The molecule has 8 heteroatoms. The van der Waals surface area contributed by atoms with E-state index in [4.69, 9.17) is 0 Å². The topological polar surface area (TPSA) is 70.3 Å². The van der Waals surface area contributed by atoms with E-state index < -0.39 is 0 Å². The van der Waals surface area contributed by atoms with Gasteiger partial charge in [0.05, 0.1) is 18.7 Å². The molecule has 0 unspecified atom stereocenters. The van der Waals surface area contributed by atoms with Crippen LogP contribution in [0.1, 0.15) is 35.2 Å². The Morgan fingerprint density at radius 3 is 2.80 bits per heavy atom. The fourth-order valence-corrected chi connectivity index (χ4v) is 4.55. The molecule has 4 heterocycles. The van der Waals surface area contributed by atoms with Crippen molar-refractivity contribution in [1.82, 2.24) is 29.5 Å². The van der Waals surface area contributed by atoms with Crippen molar-refractivity contribution >= 4 is 0 Å². The van der Waals surface area contributed by atoms with Crippen LogP contribution in [0.15, 0.2) is 48.8 Å². The molecule has 2 aliphatic rings. The van der Waals surface area contributed by atoms with Crippen molar-refractivity contribution in [2.24, 2.45) is 0 Å². The van der Waals surface area contributed by atoms with Crippen LogP contribution >= 0.6 is 0 Å². The number of halogens is 1. The predicted molar refractivity (Wildman–Crippen MR) is 109 cm³/mol. The second kappa shape index (κ2) is 8.22. The summed E-state index contributed by atoms with van der Waals surface area (Å²) in [5.74, 6) is 1.65. The van der Waals surface area contributed by atoms with Crippen LogP contribution in [0, 0.1) is 5.82 Å². The maximum absolute atomic E-state index is 13.5. The third kappa shape index (κ3) is 3.98. The Balaban J connectivity index is 1.32. The molecule has 2 aromatic heterocycles. The number of hydrogen-bond donors (Lipinski definition) is 1. The highest BCUT2D eigenvalue weighted by Crippen LogP contribution is 2.33. The summed E-state index contributed by atoms with van der Waals surface area (Å²) in [5, 5.41) is 19.3. The zero-order valence-electron chi connectivity index (χ0n) is 16.7. The van der Waals surface area contributed by atoms with Crippen LogP contribution < -0.4 is 0 Å². The van der Waals surface area contributed by atoms with E-state index >= 15 is 0 Å².